The molecule has 0 bridgehead atoms. The van der Waals surface area contributed by atoms with Crippen molar-refractivity contribution in [1.82, 2.24) is 0 Å². The van der Waals surface area contributed by atoms with E-state index in [1.807, 2.05) is 12.3 Å². The summed E-state index contributed by atoms with van der Waals surface area (Å²) >= 11 is 0. The molecule has 0 aliphatic carbocycles. The van der Waals surface area contributed by atoms with Gasteiger partial charge in [-0.3, -0.25) is 4.18 Å². The topological polar surface area (TPSA) is 95.4 Å². The van der Waals surface area contributed by atoms with E-state index in [-0.39, 0.29) is 6.61 Å². The molecule has 0 amide bonds. The van der Waals surface area contributed by atoms with Crippen LogP contribution in [0.2, 0.25) is 0 Å². The first-order valence-corrected chi connectivity index (χ1v) is 4.51. The molecule has 0 aromatic rings. The molecule has 0 radical (unpaired) electrons. The van der Waals surface area contributed by atoms with Gasteiger partial charge in [-0.2, -0.15) is 5.43 Å². The predicted octanol–water partition coefficient (Wildman–Crippen LogP) is -1.45. The van der Waals surface area contributed by atoms with Gasteiger partial charge in [0.2, 0.25) is 10.4 Å². The molecule has 0 atom stereocenters. The molecular weight excluding hydrogens is 184 g/mol. The van der Waals surface area contributed by atoms with Crippen LogP contribution in [0.4, 0.5) is 0 Å². The maximum absolute atomic E-state index is 9.45. The zero-order valence-corrected chi connectivity index (χ0v) is 7.32. The van der Waals surface area contributed by atoms with Crippen molar-refractivity contribution in [3.63, 3.8) is 0 Å². The third-order valence-corrected chi connectivity index (χ3v) is 1.24. The summed E-state index contributed by atoms with van der Waals surface area (Å²) in [7, 11) is -4.42. The second-order valence-corrected chi connectivity index (χ2v) is 2.70. The van der Waals surface area contributed by atoms with Crippen LogP contribution in [0.1, 0.15) is 6.92 Å². The summed E-state index contributed by atoms with van der Waals surface area (Å²) < 4.78 is 32.0. The Hall–Kier alpha value is -0.760. The van der Waals surface area contributed by atoms with E-state index in [0.717, 1.165) is 0 Å². The summed E-state index contributed by atoms with van der Waals surface area (Å²) in [4.78, 5) is 0. The van der Waals surface area contributed by atoms with Gasteiger partial charge in [-0.25, -0.2) is 8.42 Å². The van der Waals surface area contributed by atoms with Gasteiger partial charge < -0.3 is 4.55 Å². The Bertz CT molecular complexity index is 247. The molecule has 0 unspecified atom stereocenters. The fraction of sp³-hybridized carbons (Fsp3) is 0.400. The van der Waals surface area contributed by atoms with Crippen molar-refractivity contribution < 1.29 is 22.6 Å². The first-order chi connectivity index (χ1) is 5.56. The van der Waals surface area contributed by atoms with Gasteiger partial charge in [-0.1, -0.05) is 5.10 Å². The van der Waals surface area contributed by atoms with E-state index < -0.39 is 10.4 Å². The predicted molar refractivity (Wildman–Crippen MR) is 40.9 cm³/mol. The van der Waals surface area contributed by atoms with Gasteiger partial charge in [0, 0.05) is 6.08 Å². The van der Waals surface area contributed by atoms with Crippen LogP contribution in [-0.4, -0.2) is 25.8 Å². The van der Waals surface area contributed by atoms with Crippen molar-refractivity contribution in [3.05, 3.63) is 12.3 Å². The minimum Gasteiger partial charge on any atom is -0.726 e. The lowest BCUT2D eigenvalue weighted by atomic mass is 10.7. The van der Waals surface area contributed by atoms with Gasteiger partial charge >= 0.3 is 0 Å². The van der Waals surface area contributed by atoms with Crippen molar-refractivity contribution in [2.24, 2.45) is 5.10 Å². The molecule has 0 aromatic carbocycles. The lowest BCUT2D eigenvalue weighted by Gasteiger charge is -2.02. The van der Waals surface area contributed by atoms with E-state index in [1.54, 1.807) is 11.6 Å². The summed E-state index contributed by atoms with van der Waals surface area (Å²) in [6.45, 7) is 1.33. The van der Waals surface area contributed by atoms with E-state index in [1.165, 1.54) is 6.92 Å². The molecule has 70 valence electrons. The zero-order chi connectivity index (χ0) is 9.45. The fourth-order valence-corrected chi connectivity index (χ4v) is 0.681. The first-order valence-electron chi connectivity index (χ1n) is 3.18. The number of allylic oxidation sites excluding steroid dienone is 1. The molecule has 1 rings (SSSR count). The van der Waals surface area contributed by atoms with Gasteiger partial charge in [-0.15, -0.1) is 0 Å². The van der Waals surface area contributed by atoms with Crippen LogP contribution in [0, 0.1) is 0 Å². The van der Waals surface area contributed by atoms with Crippen LogP contribution in [0.15, 0.2) is 17.4 Å². The largest absolute Gasteiger partial charge is 0.726 e. The van der Waals surface area contributed by atoms with Crippen LogP contribution in [0.5, 0.6) is 0 Å². The second kappa shape index (κ2) is 5.84. The number of hydrogen-bond acceptors (Lipinski definition) is 5. The lowest BCUT2D eigenvalue weighted by Crippen LogP contribution is -2.69. The van der Waals surface area contributed by atoms with Crippen LogP contribution in [-0.2, 0) is 14.6 Å². The normalized spacial score (nSPS) is 14.2. The molecule has 12 heavy (non-hydrogen) atoms. The monoisotopic (exact) mass is 194 g/mol. The highest BCUT2D eigenvalue weighted by Crippen LogP contribution is 1.80. The quantitative estimate of drug-likeness (QED) is 0.330. The first kappa shape index (κ1) is 11.2. The maximum Gasteiger partial charge on any atom is 0.217 e. The number of quaternary nitrogens is 1. The van der Waals surface area contributed by atoms with Gasteiger partial charge in [0.25, 0.3) is 0 Å². The third-order valence-electron chi connectivity index (χ3n) is 0.718. The Labute approximate surface area is 70.9 Å². The van der Waals surface area contributed by atoms with E-state index in [2.05, 4.69) is 9.28 Å². The van der Waals surface area contributed by atoms with Crippen molar-refractivity contribution in [2.45, 2.75) is 6.92 Å². The molecule has 7 heteroatoms. The minimum atomic E-state index is -4.42. The smallest absolute Gasteiger partial charge is 0.217 e. The summed E-state index contributed by atoms with van der Waals surface area (Å²) in [5.41, 5.74) is 1.75. The Morgan fingerprint density at radius 1 is 1.67 bits per heavy atom. The molecule has 1 aliphatic heterocycles. The van der Waals surface area contributed by atoms with Crippen molar-refractivity contribution >= 4 is 16.6 Å². The highest BCUT2D eigenvalue weighted by molar-refractivity contribution is 7.80. The summed E-state index contributed by atoms with van der Waals surface area (Å²) in [6, 6.07) is 0. The third kappa shape index (κ3) is 9.24. The van der Waals surface area contributed by atoms with Crippen molar-refractivity contribution in [1.29, 1.82) is 0 Å². The summed E-state index contributed by atoms with van der Waals surface area (Å²) in [5, 5.41) is 3.72. The molecule has 1 heterocycles. The Morgan fingerprint density at radius 2 is 2.33 bits per heavy atom. The SMILES string of the molecule is C1=C[NH2+]N=C1.CCOS(=O)(=O)[O-]. The fourth-order valence-electron chi connectivity index (χ4n) is 0.393. The Kier molecular flexibility index (Phi) is 5.47. The lowest BCUT2D eigenvalue weighted by molar-refractivity contribution is -0.589. The van der Waals surface area contributed by atoms with Gasteiger partial charge in [0.05, 0.1) is 12.8 Å². The summed E-state index contributed by atoms with van der Waals surface area (Å²) in [6.07, 6.45) is 5.53. The molecule has 0 saturated heterocycles. The van der Waals surface area contributed by atoms with Gasteiger partial charge in [-0.05, 0) is 6.92 Å². The van der Waals surface area contributed by atoms with Crippen LogP contribution >= 0.6 is 0 Å². The highest BCUT2D eigenvalue weighted by atomic mass is 32.3. The number of hydrogen-bond donors (Lipinski definition) is 1. The highest BCUT2D eigenvalue weighted by Gasteiger charge is 1.85. The van der Waals surface area contributed by atoms with Crippen LogP contribution in [0.25, 0.3) is 0 Å². The molecular formula is C5H10N2O4S. The zero-order valence-electron chi connectivity index (χ0n) is 6.50. The van der Waals surface area contributed by atoms with E-state index in [0.29, 0.717) is 0 Å². The number of nitrogens with zero attached hydrogens (tertiary/aromatic N) is 1. The van der Waals surface area contributed by atoms with Crippen LogP contribution in [0.3, 0.4) is 0 Å². The number of rotatable bonds is 2. The molecule has 0 spiro atoms. The van der Waals surface area contributed by atoms with E-state index >= 15 is 0 Å². The van der Waals surface area contributed by atoms with Gasteiger partial charge in [0.15, 0.2) is 0 Å². The van der Waals surface area contributed by atoms with E-state index in [9.17, 15) is 13.0 Å². The molecule has 6 nitrogen and oxygen atoms in total. The average Bonchev–Trinajstić information content (AvgIpc) is 2.38. The summed E-state index contributed by atoms with van der Waals surface area (Å²) in [5.74, 6) is 0. The Morgan fingerprint density at radius 3 is 2.42 bits per heavy atom. The number of nitrogens with two attached hydrogens (primary N) is 1. The molecule has 2 N–H and O–H groups in total. The maximum atomic E-state index is 9.45. The van der Waals surface area contributed by atoms with Crippen molar-refractivity contribution in [3.8, 4) is 0 Å². The minimum absolute atomic E-state index is 0.0914. The molecule has 0 aromatic heterocycles. The van der Waals surface area contributed by atoms with E-state index in [4.69, 9.17) is 0 Å². The van der Waals surface area contributed by atoms with Gasteiger partial charge in [0.1, 0.15) is 6.20 Å². The van der Waals surface area contributed by atoms with Crippen molar-refractivity contribution in [2.75, 3.05) is 6.61 Å². The molecule has 0 fully saturated rings. The average molecular weight is 194 g/mol. The Balaban J connectivity index is 0.000000211. The standard InChI is InChI=1S/C3H4N2.C2H6O4S/c1-2-4-5-3-1;1-2-6-7(3,4)5/h1-3H,(H,4,5);2H2,1H3,(H,3,4,5). The van der Waals surface area contributed by atoms with Crippen LogP contribution < -0.4 is 5.43 Å². The second-order valence-electron chi connectivity index (χ2n) is 1.65. The molecule has 1 aliphatic rings. The molecule has 0 saturated carbocycles.